The van der Waals surface area contributed by atoms with Crippen LogP contribution in [0.4, 0.5) is 9.18 Å². The number of aromatic nitrogens is 1. The van der Waals surface area contributed by atoms with Crippen LogP contribution in [0.1, 0.15) is 29.8 Å². The van der Waals surface area contributed by atoms with Gasteiger partial charge in [-0.15, -0.1) is 0 Å². The van der Waals surface area contributed by atoms with E-state index in [-0.39, 0.29) is 29.1 Å². The number of amides is 3. The Morgan fingerprint density at radius 3 is 2.69 bits per heavy atom. The fourth-order valence-corrected chi connectivity index (χ4v) is 5.86. The van der Waals surface area contributed by atoms with Crippen molar-refractivity contribution in [2.75, 3.05) is 26.2 Å². The van der Waals surface area contributed by atoms with E-state index < -0.39 is 17.4 Å². The van der Waals surface area contributed by atoms with Crippen LogP contribution in [0.5, 0.6) is 5.75 Å². The Hall–Kier alpha value is -3.36. The molecule has 2 atom stereocenters. The maximum absolute atomic E-state index is 14.3. The lowest BCUT2D eigenvalue weighted by molar-refractivity contribution is -0.133. The molecule has 3 aliphatic rings. The van der Waals surface area contributed by atoms with Crippen molar-refractivity contribution in [3.05, 3.63) is 76.2 Å². The van der Waals surface area contributed by atoms with Crippen LogP contribution in [0, 0.1) is 5.82 Å². The van der Waals surface area contributed by atoms with Gasteiger partial charge in [-0.25, -0.2) is 9.18 Å². The fraction of sp³-hybridized carbons (Fsp3) is 0.308. The second-order valence-electron chi connectivity index (χ2n) is 9.62. The average Bonchev–Trinajstić information content (AvgIpc) is 3.50. The molecule has 0 spiro atoms. The summed E-state index contributed by atoms with van der Waals surface area (Å²) in [6.07, 6.45) is 4.41. The standard InChI is InChI=1S/C26H24ClFN4O3/c1-26-14-18-17-12-19(27)20(28)13-21(17)29-22(18)23(15-5-4-6-16(33)11-15)32(26)25(35)31(24(26)34)10-9-30-7-2-3-8-30/h2-6,11-13,23,29,33H,7-10,14H2,1H3. The van der Waals surface area contributed by atoms with Gasteiger partial charge in [-0.3, -0.25) is 19.5 Å². The number of rotatable bonds is 4. The van der Waals surface area contributed by atoms with Gasteiger partial charge < -0.3 is 10.1 Å². The molecule has 6 rings (SSSR count). The summed E-state index contributed by atoms with van der Waals surface area (Å²) in [5, 5.41) is 10.9. The Kier molecular flexibility index (Phi) is 4.95. The molecule has 2 unspecified atom stereocenters. The molecule has 1 fully saturated rings. The number of nitrogens with zero attached hydrogens (tertiary/aromatic N) is 3. The lowest BCUT2D eigenvalue weighted by Gasteiger charge is -2.42. The van der Waals surface area contributed by atoms with E-state index in [4.69, 9.17) is 11.6 Å². The molecule has 1 aromatic heterocycles. The van der Waals surface area contributed by atoms with Gasteiger partial charge in [0.1, 0.15) is 23.1 Å². The predicted molar refractivity (Wildman–Crippen MR) is 130 cm³/mol. The number of carbonyl (C=O) groups excluding carboxylic acids is 2. The van der Waals surface area contributed by atoms with Gasteiger partial charge in [0.25, 0.3) is 5.91 Å². The van der Waals surface area contributed by atoms with E-state index in [0.29, 0.717) is 29.9 Å². The highest BCUT2D eigenvalue weighted by atomic mass is 35.5. The first-order chi connectivity index (χ1) is 16.8. The van der Waals surface area contributed by atoms with Crippen molar-refractivity contribution >= 4 is 34.4 Å². The molecule has 4 heterocycles. The number of phenolic OH excluding ortho intramolecular Hbond substituents is 1. The maximum Gasteiger partial charge on any atom is 0.328 e. The number of phenols is 1. The lowest BCUT2D eigenvalue weighted by Crippen LogP contribution is -2.53. The molecule has 7 nitrogen and oxygen atoms in total. The Morgan fingerprint density at radius 2 is 1.94 bits per heavy atom. The number of benzene rings is 2. The summed E-state index contributed by atoms with van der Waals surface area (Å²) in [7, 11) is 0. The molecule has 0 aliphatic carbocycles. The minimum absolute atomic E-state index is 0.00420. The zero-order valence-electron chi connectivity index (χ0n) is 19.1. The van der Waals surface area contributed by atoms with Gasteiger partial charge in [0, 0.05) is 49.2 Å². The van der Waals surface area contributed by atoms with Gasteiger partial charge >= 0.3 is 6.03 Å². The van der Waals surface area contributed by atoms with Crippen LogP contribution in [-0.2, 0) is 11.2 Å². The van der Waals surface area contributed by atoms with E-state index >= 15 is 0 Å². The number of carbonyl (C=O) groups is 2. The molecule has 3 aromatic rings. The number of aromatic hydroxyl groups is 1. The van der Waals surface area contributed by atoms with Crippen LogP contribution in [0.25, 0.3) is 10.9 Å². The summed E-state index contributed by atoms with van der Waals surface area (Å²) in [6.45, 7) is 4.28. The Labute approximate surface area is 206 Å². The summed E-state index contributed by atoms with van der Waals surface area (Å²) < 4.78 is 14.3. The first kappa shape index (κ1) is 22.1. The first-order valence-electron chi connectivity index (χ1n) is 11.6. The molecule has 0 saturated carbocycles. The summed E-state index contributed by atoms with van der Waals surface area (Å²) in [4.78, 5) is 36.0. The summed E-state index contributed by atoms with van der Waals surface area (Å²) in [5.74, 6) is -0.751. The number of hydrogen-bond donors (Lipinski definition) is 2. The number of H-pyrrole nitrogens is 1. The van der Waals surface area contributed by atoms with E-state index in [1.54, 1.807) is 36.1 Å². The van der Waals surface area contributed by atoms with E-state index in [0.717, 1.165) is 24.0 Å². The second kappa shape index (κ2) is 7.83. The number of urea groups is 1. The molecule has 2 N–H and O–H groups in total. The Morgan fingerprint density at radius 1 is 1.17 bits per heavy atom. The summed E-state index contributed by atoms with van der Waals surface area (Å²) in [5.41, 5.74) is 1.57. The van der Waals surface area contributed by atoms with Gasteiger partial charge in [-0.1, -0.05) is 35.9 Å². The van der Waals surface area contributed by atoms with Crippen molar-refractivity contribution in [3.8, 4) is 5.75 Å². The average molecular weight is 495 g/mol. The molecular weight excluding hydrogens is 471 g/mol. The molecule has 2 aromatic carbocycles. The third-order valence-electron chi connectivity index (χ3n) is 7.43. The van der Waals surface area contributed by atoms with E-state index in [1.165, 1.54) is 11.0 Å². The molecule has 0 radical (unpaired) electrons. The quantitative estimate of drug-likeness (QED) is 0.421. The minimum atomic E-state index is -1.14. The molecule has 9 heteroatoms. The Bertz CT molecular complexity index is 1410. The number of nitrogens with one attached hydrogen (secondary N) is 1. The van der Waals surface area contributed by atoms with Crippen molar-refractivity contribution in [2.45, 2.75) is 24.9 Å². The van der Waals surface area contributed by atoms with Crippen molar-refractivity contribution < 1.29 is 19.1 Å². The molecule has 3 aliphatic heterocycles. The molecule has 0 bridgehead atoms. The summed E-state index contributed by atoms with van der Waals surface area (Å²) in [6, 6.07) is 8.54. The molecule has 180 valence electrons. The molecule has 35 heavy (non-hydrogen) atoms. The van der Waals surface area contributed by atoms with Gasteiger partial charge in [-0.05, 0) is 42.3 Å². The highest BCUT2D eigenvalue weighted by Gasteiger charge is 2.60. The normalized spacial score (nSPS) is 24.0. The third-order valence-corrected chi connectivity index (χ3v) is 7.72. The van der Waals surface area contributed by atoms with Crippen LogP contribution < -0.4 is 0 Å². The van der Waals surface area contributed by atoms with Gasteiger partial charge in [0.05, 0.1) is 5.02 Å². The number of imide groups is 1. The van der Waals surface area contributed by atoms with Gasteiger partial charge in [-0.2, -0.15) is 0 Å². The predicted octanol–water partition coefficient (Wildman–Crippen LogP) is 4.21. The largest absolute Gasteiger partial charge is 0.508 e. The third kappa shape index (κ3) is 3.27. The Balaban J connectivity index is 1.49. The van der Waals surface area contributed by atoms with E-state index in [2.05, 4.69) is 22.0 Å². The number of fused-ring (bicyclic) bond motifs is 4. The van der Waals surface area contributed by atoms with Crippen molar-refractivity contribution in [2.24, 2.45) is 0 Å². The number of hydrogen-bond acceptors (Lipinski definition) is 4. The highest BCUT2D eigenvalue weighted by Crippen LogP contribution is 2.49. The molecular formula is C26H24ClFN4O3. The van der Waals surface area contributed by atoms with Crippen LogP contribution in [0.15, 0.2) is 48.6 Å². The van der Waals surface area contributed by atoms with Crippen LogP contribution in [0.3, 0.4) is 0 Å². The van der Waals surface area contributed by atoms with Crippen LogP contribution in [-0.4, -0.2) is 68.4 Å². The first-order valence-corrected chi connectivity index (χ1v) is 12.0. The van der Waals surface area contributed by atoms with Crippen molar-refractivity contribution in [1.29, 1.82) is 0 Å². The van der Waals surface area contributed by atoms with E-state index in [1.807, 2.05) is 6.07 Å². The van der Waals surface area contributed by atoms with E-state index in [9.17, 15) is 19.1 Å². The smallest absolute Gasteiger partial charge is 0.328 e. The van der Waals surface area contributed by atoms with Crippen LogP contribution in [0.2, 0.25) is 5.02 Å². The van der Waals surface area contributed by atoms with Crippen molar-refractivity contribution in [1.82, 2.24) is 19.7 Å². The SMILES string of the molecule is CC12Cc3c([nH]c4cc(F)c(Cl)cc34)C(c3cccc(O)c3)N1C(=O)N(CCN1CC=CC1)C2=O. The van der Waals surface area contributed by atoms with Gasteiger partial charge in [0.2, 0.25) is 0 Å². The highest BCUT2D eigenvalue weighted by molar-refractivity contribution is 6.31. The molecule has 1 saturated heterocycles. The maximum atomic E-state index is 14.3. The van der Waals surface area contributed by atoms with Crippen molar-refractivity contribution in [3.63, 3.8) is 0 Å². The van der Waals surface area contributed by atoms with Gasteiger partial charge in [0.15, 0.2) is 0 Å². The zero-order chi connectivity index (χ0) is 24.5. The second-order valence-corrected chi connectivity index (χ2v) is 10.0. The fourth-order valence-electron chi connectivity index (χ4n) is 5.69. The topological polar surface area (TPSA) is 79.9 Å². The lowest BCUT2D eigenvalue weighted by atomic mass is 9.81. The summed E-state index contributed by atoms with van der Waals surface area (Å²) >= 11 is 6.11. The number of aromatic amines is 1. The van der Waals surface area contributed by atoms with Crippen LogP contribution >= 0.6 is 11.6 Å². The molecule has 3 amide bonds. The minimum Gasteiger partial charge on any atom is -0.508 e. The monoisotopic (exact) mass is 494 g/mol. The number of halogens is 2. The zero-order valence-corrected chi connectivity index (χ0v) is 19.8.